The van der Waals surface area contributed by atoms with Crippen molar-refractivity contribution in [3.63, 3.8) is 0 Å². The highest BCUT2D eigenvalue weighted by Gasteiger charge is 2.33. The van der Waals surface area contributed by atoms with Crippen molar-refractivity contribution >= 4 is 34.9 Å². The number of anilines is 1. The Morgan fingerprint density at radius 3 is 2.34 bits per heavy atom. The number of ketones is 1. The van der Waals surface area contributed by atoms with Crippen molar-refractivity contribution in [3.05, 3.63) is 64.7 Å². The number of carbonyl (C=O) groups excluding carboxylic acids is 3. The highest BCUT2D eigenvalue weighted by Crippen LogP contribution is 2.36. The van der Waals surface area contributed by atoms with Gasteiger partial charge < -0.3 is 10.1 Å². The first-order valence-corrected chi connectivity index (χ1v) is 8.91. The Balaban J connectivity index is 1.89. The fourth-order valence-corrected chi connectivity index (χ4v) is 2.58. The molecule has 0 aliphatic heterocycles. The number of hydrogen-bond acceptors (Lipinski definition) is 4. The maximum atomic E-state index is 12.9. The number of Topliss-reactive ketones (excluding diaryl/α,β-unsaturated/α-hetero) is 1. The molecule has 0 saturated carbocycles. The number of esters is 1. The molecule has 2 rings (SSSR count). The summed E-state index contributed by atoms with van der Waals surface area (Å²) in [5.74, 6) is -1.84. The summed E-state index contributed by atoms with van der Waals surface area (Å²) < 4.78 is 43.6. The summed E-state index contributed by atoms with van der Waals surface area (Å²) in [6, 6.07) is 11.3. The zero-order valence-electron chi connectivity index (χ0n) is 15.3. The molecule has 1 atom stereocenters. The molecule has 2 aromatic rings. The Labute approximate surface area is 169 Å². The Kier molecular flexibility index (Phi) is 7.39. The van der Waals surface area contributed by atoms with E-state index in [1.165, 1.54) is 13.0 Å². The summed E-state index contributed by atoms with van der Waals surface area (Å²) in [4.78, 5) is 35.9. The number of carbonyl (C=O) groups is 3. The third kappa shape index (κ3) is 6.60. The molecular formula is C20H17ClF3NO4. The molecule has 0 aromatic heterocycles. The first-order valence-electron chi connectivity index (χ1n) is 8.53. The van der Waals surface area contributed by atoms with E-state index < -0.39 is 34.7 Å². The van der Waals surface area contributed by atoms with Crippen molar-refractivity contribution < 1.29 is 32.3 Å². The van der Waals surface area contributed by atoms with Crippen molar-refractivity contribution in [2.75, 3.05) is 5.32 Å². The maximum absolute atomic E-state index is 12.9. The van der Waals surface area contributed by atoms with Gasteiger partial charge in [-0.1, -0.05) is 41.9 Å². The van der Waals surface area contributed by atoms with Gasteiger partial charge in [0, 0.05) is 17.7 Å². The summed E-state index contributed by atoms with van der Waals surface area (Å²) in [5.41, 5.74) is -0.788. The second-order valence-electron chi connectivity index (χ2n) is 6.10. The van der Waals surface area contributed by atoms with Gasteiger partial charge in [-0.05, 0) is 25.1 Å². The summed E-state index contributed by atoms with van der Waals surface area (Å²) in [6.45, 7) is 1.27. The van der Waals surface area contributed by atoms with Crippen LogP contribution in [0.2, 0.25) is 5.02 Å². The summed E-state index contributed by atoms with van der Waals surface area (Å²) in [6.07, 6.45) is -6.27. The number of halogens is 4. The quantitative estimate of drug-likeness (QED) is 0.504. The minimum Gasteiger partial charge on any atom is -0.453 e. The second-order valence-corrected chi connectivity index (χ2v) is 6.51. The average Bonchev–Trinajstić information content (AvgIpc) is 2.67. The van der Waals surface area contributed by atoms with Crippen molar-refractivity contribution in [3.8, 4) is 0 Å². The van der Waals surface area contributed by atoms with E-state index in [1.807, 2.05) is 0 Å². The minimum absolute atomic E-state index is 0.0939. The van der Waals surface area contributed by atoms with Crippen LogP contribution in [0.15, 0.2) is 48.5 Å². The van der Waals surface area contributed by atoms with Crippen LogP contribution in [0, 0.1) is 0 Å². The summed E-state index contributed by atoms with van der Waals surface area (Å²) >= 11 is 5.52. The van der Waals surface area contributed by atoms with Gasteiger partial charge in [0.15, 0.2) is 11.9 Å². The van der Waals surface area contributed by atoms with Gasteiger partial charge in [-0.25, -0.2) is 0 Å². The molecule has 154 valence electrons. The number of ether oxygens (including phenoxy) is 1. The Bertz CT molecular complexity index is 900. The van der Waals surface area contributed by atoms with Gasteiger partial charge in [-0.3, -0.25) is 14.4 Å². The van der Waals surface area contributed by atoms with Crippen LogP contribution < -0.4 is 5.32 Å². The SMILES string of the molecule is CC(OC(=O)CCC(=O)c1ccccc1)C(=O)Nc1ccc(Cl)c(C(F)(F)F)c1. The Morgan fingerprint density at radius 1 is 1.07 bits per heavy atom. The number of rotatable bonds is 7. The third-order valence-electron chi connectivity index (χ3n) is 3.87. The van der Waals surface area contributed by atoms with E-state index in [2.05, 4.69) is 5.32 Å². The molecule has 0 aliphatic rings. The van der Waals surface area contributed by atoms with Gasteiger partial charge in [-0.2, -0.15) is 13.2 Å². The lowest BCUT2D eigenvalue weighted by atomic mass is 10.1. The van der Waals surface area contributed by atoms with Crippen LogP contribution in [-0.2, 0) is 20.5 Å². The lowest BCUT2D eigenvalue weighted by Crippen LogP contribution is -2.30. The van der Waals surface area contributed by atoms with E-state index in [9.17, 15) is 27.6 Å². The second kappa shape index (κ2) is 9.56. The maximum Gasteiger partial charge on any atom is 0.417 e. The van der Waals surface area contributed by atoms with Gasteiger partial charge >= 0.3 is 12.1 Å². The van der Waals surface area contributed by atoms with E-state index in [0.717, 1.165) is 6.07 Å². The van der Waals surface area contributed by atoms with Crippen LogP contribution in [0.4, 0.5) is 18.9 Å². The first-order chi connectivity index (χ1) is 13.6. The lowest BCUT2D eigenvalue weighted by Gasteiger charge is -2.15. The minimum atomic E-state index is -4.68. The Hall–Kier alpha value is -2.87. The van der Waals surface area contributed by atoms with Crippen LogP contribution in [0.1, 0.15) is 35.7 Å². The van der Waals surface area contributed by atoms with Gasteiger partial charge in [0.1, 0.15) is 0 Å². The number of hydrogen-bond donors (Lipinski definition) is 1. The largest absolute Gasteiger partial charge is 0.453 e. The smallest absolute Gasteiger partial charge is 0.417 e. The van der Waals surface area contributed by atoms with Crippen LogP contribution >= 0.6 is 11.6 Å². The van der Waals surface area contributed by atoms with Crippen LogP contribution in [0.25, 0.3) is 0 Å². The fourth-order valence-electron chi connectivity index (χ4n) is 2.36. The highest BCUT2D eigenvalue weighted by atomic mass is 35.5. The van der Waals surface area contributed by atoms with Gasteiger partial charge in [0.25, 0.3) is 5.91 Å². The molecule has 1 N–H and O–H groups in total. The van der Waals surface area contributed by atoms with E-state index in [1.54, 1.807) is 30.3 Å². The molecule has 0 aliphatic carbocycles. The van der Waals surface area contributed by atoms with Crippen molar-refractivity contribution in [2.45, 2.75) is 32.0 Å². The van der Waals surface area contributed by atoms with Gasteiger partial charge in [0.2, 0.25) is 0 Å². The zero-order valence-corrected chi connectivity index (χ0v) is 16.0. The van der Waals surface area contributed by atoms with Crippen molar-refractivity contribution in [2.24, 2.45) is 0 Å². The molecule has 9 heteroatoms. The van der Waals surface area contributed by atoms with Gasteiger partial charge in [-0.15, -0.1) is 0 Å². The molecule has 0 saturated heterocycles. The lowest BCUT2D eigenvalue weighted by molar-refractivity contribution is -0.153. The van der Waals surface area contributed by atoms with Crippen LogP contribution in [-0.4, -0.2) is 23.8 Å². The zero-order chi connectivity index (χ0) is 21.6. The summed E-state index contributed by atoms with van der Waals surface area (Å²) in [7, 11) is 0. The standard InChI is InChI=1S/C20H17ClF3NO4/c1-12(29-18(27)10-9-17(26)13-5-3-2-4-6-13)19(28)25-14-7-8-16(21)15(11-14)20(22,23)24/h2-8,11-12H,9-10H2,1H3,(H,25,28). The number of nitrogens with one attached hydrogen (secondary N) is 1. The van der Waals surface area contributed by atoms with E-state index >= 15 is 0 Å². The van der Waals surface area contributed by atoms with E-state index in [0.29, 0.717) is 11.6 Å². The topological polar surface area (TPSA) is 72.5 Å². The van der Waals surface area contributed by atoms with Crippen molar-refractivity contribution in [1.29, 1.82) is 0 Å². The third-order valence-corrected chi connectivity index (χ3v) is 4.20. The molecule has 0 heterocycles. The molecule has 29 heavy (non-hydrogen) atoms. The summed E-state index contributed by atoms with van der Waals surface area (Å²) in [5, 5.41) is 1.73. The molecule has 0 spiro atoms. The molecule has 1 unspecified atom stereocenters. The van der Waals surface area contributed by atoms with Crippen LogP contribution in [0.5, 0.6) is 0 Å². The average molecular weight is 428 g/mol. The van der Waals surface area contributed by atoms with E-state index in [4.69, 9.17) is 16.3 Å². The van der Waals surface area contributed by atoms with Crippen molar-refractivity contribution in [1.82, 2.24) is 0 Å². The monoisotopic (exact) mass is 427 g/mol. The number of benzene rings is 2. The first kappa shape index (κ1) is 22.4. The predicted molar refractivity (Wildman–Crippen MR) is 101 cm³/mol. The Morgan fingerprint density at radius 2 is 1.72 bits per heavy atom. The fraction of sp³-hybridized carbons (Fsp3) is 0.250. The normalized spacial score (nSPS) is 12.2. The molecule has 0 radical (unpaired) electrons. The molecule has 1 amide bonds. The number of alkyl halides is 3. The number of amides is 1. The molecule has 5 nitrogen and oxygen atoms in total. The van der Waals surface area contributed by atoms with Crippen LogP contribution in [0.3, 0.4) is 0 Å². The predicted octanol–water partition coefficient (Wildman–Crippen LogP) is 4.89. The van der Waals surface area contributed by atoms with E-state index in [-0.39, 0.29) is 24.3 Å². The molecule has 0 bridgehead atoms. The highest BCUT2D eigenvalue weighted by molar-refractivity contribution is 6.31. The molecular weight excluding hydrogens is 411 g/mol. The molecule has 2 aromatic carbocycles. The molecule has 0 fully saturated rings. The van der Waals surface area contributed by atoms with Gasteiger partial charge in [0.05, 0.1) is 17.0 Å².